The van der Waals surface area contributed by atoms with Crippen LogP contribution in [0.4, 0.5) is 19.0 Å². The van der Waals surface area contributed by atoms with Gasteiger partial charge in [0.2, 0.25) is 0 Å². The lowest BCUT2D eigenvalue weighted by atomic mass is 10.2. The van der Waals surface area contributed by atoms with E-state index in [1.54, 1.807) is 0 Å². The van der Waals surface area contributed by atoms with E-state index in [0.717, 1.165) is 23.9 Å². The van der Waals surface area contributed by atoms with Crippen molar-refractivity contribution in [1.29, 1.82) is 0 Å². The van der Waals surface area contributed by atoms with Crippen molar-refractivity contribution in [2.45, 2.75) is 17.3 Å². The van der Waals surface area contributed by atoms with Crippen LogP contribution in [0.3, 0.4) is 0 Å². The van der Waals surface area contributed by atoms with Crippen LogP contribution < -0.4 is 11.3 Å². The fraction of sp³-hybridized carbons (Fsp3) is 0.444. The Morgan fingerprint density at radius 1 is 1.44 bits per heavy atom. The zero-order valence-corrected chi connectivity index (χ0v) is 9.92. The van der Waals surface area contributed by atoms with Crippen LogP contribution in [0.15, 0.2) is 17.2 Å². The molecule has 0 spiro atoms. The highest BCUT2D eigenvalue weighted by Gasteiger charge is 2.31. The second-order valence-corrected chi connectivity index (χ2v) is 4.41. The lowest BCUT2D eigenvalue weighted by molar-refractivity contribution is -0.137. The van der Waals surface area contributed by atoms with Gasteiger partial charge in [-0.05, 0) is 12.1 Å². The highest BCUT2D eigenvalue weighted by molar-refractivity contribution is 7.99. The first-order valence-corrected chi connectivity index (χ1v) is 5.83. The lowest BCUT2D eigenvalue weighted by Crippen LogP contribution is -2.15. The normalized spacial score (nSPS) is 13.4. The molecule has 1 atom stereocenters. The van der Waals surface area contributed by atoms with Crippen molar-refractivity contribution in [3.8, 4) is 0 Å². The first-order valence-electron chi connectivity index (χ1n) is 4.84. The van der Waals surface area contributed by atoms with Crippen LogP contribution in [0, 0.1) is 0 Å². The molecule has 0 saturated heterocycles. The molecule has 0 radical (unpaired) electrons. The quantitative estimate of drug-likeness (QED) is 0.363. The number of nitrogen functional groups attached to an aromatic ring is 1. The molecule has 1 unspecified atom stereocenters. The molecule has 0 aliphatic carbocycles. The number of hydrogen-bond acceptors (Lipinski definition) is 6. The second kappa shape index (κ2) is 6.23. The zero-order valence-electron chi connectivity index (χ0n) is 9.11. The van der Waals surface area contributed by atoms with E-state index in [2.05, 4.69) is 4.98 Å². The summed E-state index contributed by atoms with van der Waals surface area (Å²) >= 11 is 0.896. The van der Waals surface area contributed by atoms with Gasteiger partial charge in [0.25, 0.3) is 0 Å². The molecule has 1 aromatic rings. The molecule has 0 saturated carbocycles. The third kappa shape index (κ3) is 4.33. The number of rotatable bonds is 5. The molecule has 102 valence electrons. The molecule has 0 fully saturated rings. The largest absolute Gasteiger partial charge is 0.416 e. The van der Waals surface area contributed by atoms with Gasteiger partial charge in [-0.1, -0.05) is 0 Å². The Morgan fingerprint density at radius 2 is 2.11 bits per heavy atom. The van der Waals surface area contributed by atoms with Gasteiger partial charge in [0.15, 0.2) is 0 Å². The maximum atomic E-state index is 12.6. The van der Waals surface area contributed by atoms with Crippen LogP contribution in [0.25, 0.3) is 0 Å². The van der Waals surface area contributed by atoms with E-state index in [0.29, 0.717) is 0 Å². The number of nitrogens with two attached hydrogens (primary N) is 1. The number of aliphatic hydroxyl groups excluding tert-OH is 2. The monoisotopic (exact) mass is 283 g/mol. The number of nitrogens with one attached hydrogen (secondary N) is 1. The summed E-state index contributed by atoms with van der Waals surface area (Å²) < 4.78 is 37.7. The minimum absolute atomic E-state index is 0.0365. The van der Waals surface area contributed by atoms with E-state index in [-0.39, 0.29) is 16.6 Å². The predicted molar refractivity (Wildman–Crippen MR) is 60.9 cm³/mol. The van der Waals surface area contributed by atoms with Crippen molar-refractivity contribution in [3.63, 3.8) is 0 Å². The summed E-state index contributed by atoms with van der Waals surface area (Å²) in [5, 5.41) is 17.8. The zero-order chi connectivity index (χ0) is 13.8. The van der Waals surface area contributed by atoms with Crippen molar-refractivity contribution >= 4 is 17.6 Å². The molecule has 0 bridgehead atoms. The molecule has 0 aromatic carbocycles. The highest BCUT2D eigenvalue weighted by atomic mass is 32.2. The molecule has 5 N–H and O–H groups in total. The molecule has 1 rings (SSSR count). The first-order chi connectivity index (χ1) is 8.36. The number of halogens is 3. The number of thioether (sulfide) groups is 1. The van der Waals surface area contributed by atoms with Crippen LogP contribution in [0.1, 0.15) is 5.56 Å². The molecule has 0 amide bonds. The highest BCUT2D eigenvalue weighted by Crippen LogP contribution is 2.32. The first kappa shape index (κ1) is 15.0. The van der Waals surface area contributed by atoms with Gasteiger partial charge in [-0.25, -0.2) is 10.8 Å². The average molecular weight is 283 g/mol. The Morgan fingerprint density at radius 3 is 2.61 bits per heavy atom. The van der Waals surface area contributed by atoms with Gasteiger partial charge in [-0.15, -0.1) is 11.8 Å². The molecule has 9 heteroatoms. The smallest absolute Gasteiger partial charge is 0.394 e. The maximum absolute atomic E-state index is 12.6. The molecule has 1 heterocycles. The predicted octanol–water partition coefficient (Wildman–Crippen LogP) is 0.831. The van der Waals surface area contributed by atoms with Crippen LogP contribution in [0.2, 0.25) is 0 Å². The summed E-state index contributed by atoms with van der Waals surface area (Å²) in [6.07, 6.45) is -5.51. The Bertz CT molecular complexity index is 403. The standard InChI is InChI=1S/C9H12F3N3O2S/c10-9(11,12)5-1-7(15-13)14-8(2-5)18-4-6(17)3-16/h1-2,6,16-17H,3-4,13H2,(H,14,15). The Labute approximate surface area is 105 Å². The number of pyridine rings is 1. The van der Waals surface area contributed by atoms with Crippen LogP contribution in [-0.2, 0) is 6.18 Å². The van der Waals surface area contributed by atoms with Gasteiger partial charge >= 0.3 is 6.18 Å². The summed E-state index contributed by atoms with van der Waals surface area (Å²) in [4.78, 5) is 3.81. The summed E-state index contributed by atoms with van der Waals surface area (Å²) in [5.74, 6) is 4.95. The molecule has 1 aromatic heterocycles. The van der Waals surface area contributed by atoms with E-state index in [1.165, 1.54) is 0 Å². The maximum Gasteiger partial charge on any atom is 0.416 e. The summed E-state index contributed by atoms with van der Waals surface area (Å²) in [7, 11) is 0. The fourth-order valence-electron chi connectivity index (χ4n) is 1.05. The fourth-order valence-corrected chi connectivity index (χ4v) is 1.89. The minimum Gasteiger partial charge on any atom is -0.394 e. The van der Waals surface area contributed by atoms with E-state index < -0.39 is 24.5 Å². The number of alkyl halides is 3. The second-order valence-electron chi connectivity index (χ2n) is 3.37. The Balaban J connectivity index is 2.91. The van der Waals surface area contributed by atoms with Crippen molar-refractivity contribution in [3.05, 3.63) is 17.7 Å². The molecule has 5 nitrogen and oxygen atoms in total. The van der Waals surface area contributed by atoms with Gasteiger partial charge < -0.3 is 15.6 Å². The summed E-state index contributed by atoms with van der Waals surface area (Å²) in [5.41, 5.74) is 1.16. The topological polar surface area (TPSA) is 91.4 Å². The number of aliphatic hydroxyl groups is 2. The number of nitrogens with zero attached hydrogens (tertiary/aromatic N) is 1. The van der Waals surface area contributed by atoms with E-state index in [1.807, 2.05) is 5.43 Å². The van der Waals surface area contributed by atoms with Gasteiger partial charge in [0.1, 0.15) is 5.82 Å². The average Bonchev–Trinajstić information content (AvgIpc) is 2.34. The van der Waals surface area contributed by atoms with Gasteiger partial charge in [0, 0.05) is 5.75 Å². The minimum atomic E-state index is -4.50. The molecule has 0 aliphatic heterocycles. The van der Waals surface area contributed by atoms with Crippen molar-refractivity contribution < 1.29 is 23.4 Å². The number of anilines is 1. The van der Waals surface area contributed by atoms with E-state index >= 15 is 0 Å². The Hall–Kier alpha value is -1.03. The third-order valence-electron chi connectivity index (χ3n) is 1.91. The van der Waals surface area contributed by atoms with Crippen LogP contribution in [0.5, 0.6) is 0 Å². The number of aromatic nitrogens is 1. The van der Waals surface area contributed by atoms with Gasteiger partial charge in [-0.3, -0.25) is 0 Å². The van der Waals surface area contributed by atoms with E-state index in [9.17, 15) is 13.2 Å². The van der Waals surface area contributed by atoms with Crippen molar-refractivity contribution in [2.75, 3.05) is 17.8 Å². The lowest BCUT2D eigenvalue weighted by Gasteiger charge is -2.11. The molecule has 18 heavy (non-hydrogen) atoms. The van der Waals surface area contributed by atoms with Gasteiger partial charge in [-0.2, -0.15) is 13.2 Å². The van der Waals surface area contributed by atoms with E-state index in [4.69, 9.17) is 16.1 Å². The van der Waals surface area contributed by atoms with Crippen LogP contribution >= 0.6 is 11.8 Å². The summed E-state index contributed by atoms with van der Waals surface area (Å²) in [6, 6.07) is 1.64. The van der Waals surface area contributed by atoms with Gasteiger partial charge in [0.05, 0.1) is 23.3 Å². The SMILES string of the molecule is NNc1cc(C(F)(F)F)cc(SCC(O)CO)n1. The number of hydrazine groups is 1. The molecule has 0 aliphatic rings. The molecular formula is C9H12F3N3O2S. The van der Waals surface area contributed by atoms with Crippen molar-refractivity contribution in [2.24, 2.45) is 5.84 Å². The van der Waals surface area contributed by atoms with Crippen LogP contribution in [-0.4, -0.2) is 33.7 Å². The molecular weight excluding hydrogens is 271 g/mol. The van der Waals surface area contributed by atoms with Crippen molar-refractivity contribution in [1.82, 2.24) is 4.98 Å². The third-order valence-corrected chi connectivity index (χ3v) is 2.97. The number of hydrogen-bond donors (Lipinski definition) is 4. The summed E-state index contributed by atoms with van der Waals surface area (Å²) in [6.45, 7) is -0.464. The Kier molecular flexibility index (Phi) is 5.20.